The molecule has 1 fully saturated rings. The number of hydrogen-bond acceptors (Lipinski definition) is 2. The van der Waals surface area contributed by atoms with Crippen LogP contribution in [0.4, 0.5) is 0 Å². The first kappa shape index (κ1) is 12.0. The van der Waals surface area contributed by atoms with E-state index in [4.69, 9.17) is 0 Å². The van der Waals surface area contributed by atoms with E-state index in [2.05, 4.69) is 26.6 Å². The van der Waals surface area contributed by atoms with E-state index in [1.165, 1.54) is 6.42 Å². The summed E-state index contributed by atoms with van der Waals surface area (Å²) in [6, 6.07) is 0.361. The minimum absolute atomic E-state index is 0.208. The van der Waals surface area contributed by atoms with Crippen LogP contribution in [0.2, 0.25) is 0 Å². The van der Waals surface area contributed by atoms with E-state index in [0.717, 1.165) is 37.7 Å². The van der Waals surface area contributed by atoms with Gasteiger partial charge in [-0.3, -0.25) is 4.79 Å². The fraction of sp³-hybridized carbons (Fsp3) is 0.900. The fourth-order valence-electron chi connectivity index (χ4n) is 1.65. The summed E-state index contributed by atoms with van der Waals surface area (Å²) < 4.78 is 0. The molecule has 14 heavy (non-hydrogen) atoms. The topological polar surface area (TPSA) is 41.1 Å². The van der Waals surface area contributed by atoms with Crippen LogP contribution in [-0.4, -0.2) is 30.4 Å². The van der Waals surface area contributed by atoms with Crippen LogP contribution in [0, 0.1) is 0 Å². The molecule has 3 nitrogen and oxygen atoms in total. The van der Waals surface area contributed by atoms with Crippen LogP contribution >= 0.6 is 15.9 Å². The van der Waals surface area contributed by atoms with Crippen LogP contribution in [0.3, 0.4) is 0 Å². The molecule has 0 spiro atoms. The predicted octanol–water partition coefficient (Wildman–Crippen LogP) is 1.42. The second-order valence-electron chi connectivity index (χ2n) is 3.76. The third-order valence-electron chi connectivity index (χ3n) is 2.45. The third kappa shape index (κ3) is 4.96. The van der Waals surface area contributed by atoms with Crippen LogP contribution in [0.1, 0.15) is 32.1 Å². The first-order chi connectivity index (χ1) is 6.83. The van der Waals surface area contributed by atoms with Crippen LogP contribution < -0.4 is 10.6 Å². The van der Waals surface area contributed by atoms with Gasteiger partial charge in [-0.15, -0.1) is 0 Å². The van der Waals surface area contributed by atoms with Crippen LogP contribution in [0.25, 0.3) is 0 Å². The van der Waals surface area contributed by atoms with Crippen molar-refractivity contribution in [2.45, 2.75) is 38.1 Å². The molecule has 0 aromatic carbocycles. The van der Waals surface area contributed by atoms with Crippen LogP contribution in [-0.2, 0) is 4.79 Å². The van der Waals surface area contributed by atoms with Gasteiger partial charge in [0.25, 0.3) is 0 Å². The van der Waals surface area contributed by atoms with Gasteiger partial charge in [0, 0.05) is 24.3 Å². The van der Waals surface area contributed by atoms with Gasteiger partial charge in [0.1, 0.15) is 0 Å². The number of amides is 1. The van der Waals surface area contributed by atoms with Crippen molar-refractivity contribution in [3.63, 3.8) is 0 Å². The van der Waals surface area contributed by atoms with Gasteiger partial charge in [-0.2, -0.15) is 0 Å². The van der Waals surface area contributed by atoms with Gasteiger partial charge in [0.15, 0.2) is 0 Å². The summed E-state index contributed by atoms with van der Waals surface area (Å²) in [6.45, 7) is 2.03. The lowest BCUT2D eigenvalue weighted by atomic mass is 10.1. The van der Waals surface area contributed by atoms with Gasteiger partial charge < -0.3 is 10.6 Å². The van der Waals surface area contributed by atoms with Gasteiger partial charge in [-0.1, -0.05) is 15.9 Å². The Bertz CT molecular complexity index is 170. The number of unbranched alkanes of at least 4 members (excludes halogenated alkanes) is 1. The molecule has 1 heterocycles. The number of piperidine rings is 1. The Labute approximate surface area is 94.1 Å². The summed E-state index contributed by atoms with van der Waals surface area (Å²) in [4.78, 5) is 11.4. The molecule has 1 aliphatic rings. The van der Waals surface area contributed by atoms with E-state index in [1.807, 2.05) is 0 Å². The average Bonchev–Trinajstić information content (AvgIpc) is 2.20. The molecule has 0 unspecified atom stereocenters. The van der Waals surface area contributed by atoms with Crippen molar-refractivity contribution in [1.29, 1.82) is 0 Å². The quantitative estimate of drug-likeness (QED) is 0.582. The number of hydrogen-bond donors (Lipinski definition) is 2. The zero-order valence-corrected chi connectivity index (χ0v) is 10.1. The Kier molecular flexibility index (Phi) is 6.19. The van der Waals surface area contributed by atoms with E-state index in [0.29, 0.717) is 12.5 Å². The van der Waals surface area contributed by atoms with Crippen LogP contribution in [0.15, 0.2) is 0 Å². The van der Waals surface area contributed by atoms with Gasteiger partial charge in [-0.05, 0) is 32.2 Å². The lowest BCUT2D eigenvalue weighted by Crippen LogP contribution is -2.45. The zero-order chi connectivity index (χ0) is 10.2. The second-order valence-corrected chi connectivity index (χ2v) is 4.55. The molecule has 0 radical (unpaired) electrons. The molecule has 1 aliphatic heterocycles. The minimum atomic E-state index is 0.208. The fourth-order valence-corrected chi connectivity index (χ4v) is 2.05. The first-order valence-electron chi connectivity index (χ1n) is 5.39. The molecule has 1 rings (SSSR count). The summed E-state index contributed by atoms with van der Waals surface area (Å²) >= 11 is 3.36. The Hall–Kier alpha value is -0.0900. The van der Waals surface area contributed by atoms with Crippen molar-refractivity contribution in [2.75, 3.05) is 18.4 Å². The molecular formula is C10H19BrN2O. The van der Waals surface area contributed by atoms with Crippen molar-refractivity contribution in [1.82, 2.24) is 10.6 Å². The second kappa shape index (κ2) is 7.23. The highest BCUT2D eigenvalue weighted by atomic mass is 79.9. The number of halogens is 1. The molecule has 1 atom stereocenters. The lowest BCUT2D eigenvalue weighted by Gasteiger charge is -2.23. The third-order valence-corrected chi connectivity index (χ3v) is 3.01. The number of alkyl halides is 1. The van der Waals surface area contributed by atoms with E-state index >= 15 is 0 Å². The van der Waals surface area contributed by atoms with E-state index in [9.17, 15) is 4.79 Å². The van der Waals surface area contributed by atoms with Crippen molar-refractivity contribution in [2.24, 2.45) is 0 Å². The molecule has 0 bridgehead atoms. The van der Waals surface area contributed by atoms with Crippen molar-refractivity contribution in [3.05, 3.63) is 0 Å². The first-order valence-corrected chi connectivity index (χ1v) is 6.51. The molecular weight excluding hydrogens is 244 g/mol. The molecule has 1 saturated heterocycles. The Morgan fingerprint density at radius 2 is 2.36 bits per heavy atom. The summed E-state index contributed by atoms with van der Waals surface area (Å²) in [5, 5.41) is 7.34. The van der Waals surface area contributed by atoms with Gasteiger partial charge >= 0.3 is 0 Å². The van der Waals surface area contributed by atoms with Crippen LogP contribution in [0.5, 0.6) is 0 Å². The van der Waals surface area contributed by atoms with Gasteiger partial charge in [0.05, 0.1) is 0 Å². The molecule has 0 aromatic heterocycles. The van der Waals surface area contributed by atoms with Crippen molar-refractivity contribution in [3.8, 4) is 0 Å². The average molecular weight is 263 g/mol. The smallest absolute Gasteiger partial charge is 0.220 e. The minimum Gasteiger partial charge on any atom is -0.352 e. The van der Waals surface area contributed by atoms with E-state index in [-0.39, 0.29) is 5.91 Å². The SMILES string of the molecule is O=C(CCCCBr)N[C@@H]1CCCNC1. The Balaban J connectivity index is 2.06. The number of nitrogens with one attached hydrogen (secondary N) is 2. The highest BCUT2D eigenvalue weighted by Crippen LogP contribution is 2.03. The molecule has 0 saturated carbocycles. The Morgan fingerprint density at radius 3 is 3.00 bits per heavy atom. The molecule has 1 amide bonds. The maximum absolute atomic E-state index is 11.4. The number of rotatable bonds is 5. The molecule has 0 aromatic rings. The maximum Gasteiger partial charge on any atom is 0.220 e. The molecule has 82 valence electrons. The van der Waals surface area contributed by atoms with Gasteiger partial charge in [-0.25, -0.2) is 0 Å². The van der Waals surface area contributed by atoms with E-state index in [1.54, 1.807) is 0 Å². The van der Waals surface area contributed by atoms with E-state index < -0.39 is 0 Å². The predicted molar refractivity (Wildman–Crippen MR) is 61.7 cm³/mol. The summed E-state index contributed by atoms with van der Waals surface area (Å²) in [5.74, 6) is 0.208. The lowest BCUT2D eigenvalue weighted by molar-refractivity contribution is -0.122. The largest absolute Gasteiger partial charge is 0.352 e. The van der Waals surface area contributed by atoms with Crippen molar-refractivity contribution >= 4 is 21.8 Å². The highest BCUT2D eigenvalue weighted by Gasteiger charge is 2.14. The zero-order valence-electron chi connectivity index (χ0n) is 8.52. The monoisotopic (exact) mass is 262 g/mol. The maximum atomic E-state index is 11.4. The highest BCUT2D eigenvalue weighted by molar-refractivity contribution is 9.09. The van der Waals surface area contributed by atoms with Crippen molar-refractivity contribution < 1.29 is 4.79 Å². The Morgan fingerprint density at radius 1 is 1.50 bits per heavy atom. The summed E-state index contributed by atoms with van der Waals surface area (Å²) in [7, 11) is 0. The number of carbonyl (C=O) groups is 1. The van der Waals surface area contributed by atoms with Gasteiger partial charge in [0.2, 0.25) is 5.91 Å². The number of carbonyl (C=O) groups excluding carboxylic acids is 1. The molecule has 4 heteroatoms. The summed E-state index contributed by atoms with van der Waals surface area (Å²) in [5.41, 5.74) is 0. The molecule has 0 aliphatic carbocycles. The molecule has 2 N–H and O–H groups in total. The summed E-state index contributed by atoms with van der Waals surface area (Å²) in [6.07, 6.45) is 5.03. The normalized spacial score (nSPS) is 21.9. The standard InChI is InChI=1S/C10H19BrN2O/c11-6-2-1-5-10(14)13-9-4-3-7-12-8-9/h9,12H,1-8H2,(H,13,14)/t9-/m1/s1.